The molecular formula is C26H19F2N5O. The molecule has 0 aliphatic heterocycles. The van der Waals surface area contributed by atoms with Gasteiger partial charge in [-0.25, -0.2) is 8.78 Å². The Morgan fingerprint density at radius 2 is 1.65 bits per heavy atom. The molecule has 0 spiro atoms. The molecule has 1 N–H and O–H groups in total. The molecule has 168 valence electrons. The Kier molecular flexibility index (Phi) is 5.78. The van der Waals surface area contributed by atoms with Gasteiger partial charge in [0.1, 0.15) is 23.9 Å². The maximum Gasteiger partial charge on any atom is 0.242 e. The Morgan fingerprint density at radius 3 is 2.44 bits per heavy atom. The molecule has 0 radical (unpaired) electrons. The van der Waals surface area contributed by atoms with Crippen LogP contribution in [0, 0.1) is 11.6 Å². The van der Waals surface area contributed by atoms with Crippen molar-refractivity contribution < 1.29 is 13.6 Å². The first-order valence-electron chi connectivity index (χ1n) is 10.6. The number of hydrogen-bond acceptors (Lipinski definition) is 4. The highest BCUT2D eigenvalue weighted by Crippen LogP contribution is 2.34. The van der Waals surface area contributed by atoms with Crippen LogP contribution in [0.3, 0.4) is 0 Å². The van der Waals surface area contributed by atoms with Crippen LogP contribution in [0.1, 0.15) is 5.56 Å². The van der Waals surface area contributed by atoms with E-state index in [0.717, 1.165) is 34.2 Å². The summed E-state index contributed by atoms with van der Waals surface area (Å²) in [6.07, 6.45) is 5.18. The van der Waals surface area contributed by atoms with Gasteiger partial charge in [0.25, 0.3) is 0 Å². The normalized spacial score (nSPS) is 11.0. The fourth-order valence-corrected chi connectivity index (χ4v) is 3.81. The molecule has 0 atom stereocenters. The average molecular weight is 455 g/mol. The van der Waals surface area contributed by atoms with Crippen molar-refractivity contribution >= 4 is 16.8 Å². The van der Waals surface area contributed by atoms with Crippen LogP contribution in [-0.4, -0.2) is 25.7 Å². The van der Waals surface area contributed by atoms with Gasteiger partial charge in [0.05, 0.1) is 11.2 Å². The molecule has 0 fully saturated rings. The molecule has 0 bridgehead atoms. The lowest BCUT2D eigenvalue weighted by Gasteiger charge is -2.07. The molecule has 0 aliphatic carbocycles. The average Bonchev–Trinajstić information content (AvgIpc) is 3.27. The van der Waals surface area contributed by atoms with Crippen molar-refractivity contribution in [3.8, 4) is 22.5 Å². The lowest BCUT2D eigenvalue weighted by molar-refractivity contribution is -0.122. The largest absolute Gasteiger partial charge is 0.350 e. The fourth-order valence-electron chi connectivity index (χ4n) is 3.81. The Balaban J connectivity index is 1.47. The number of hydrogen-bond donors (Lipinski definition) is 1. The number of benzene rings is 2. The predicted molar refractivity (Wildman–Crippen MR) is 124 cm³/mol. The summed E-state index contributed by atoms with van der Waals surface area (Å²) in [5.74, 6) is -1.84. The zero-order valence-electron chi connectivity index (χ0n) is 18.0. The minimum Gasteiger partial charge on any atom is -0.350 e. The summed E-state index contributed by atoms with van der Waals surface area (Å²) < 4.78 is 29.2. The van der Waals surface area contributed by atoms with Crippen LogP contribution in [0.25, 0.3) is 33.4 Å². The van der Waals surface area contributed by atoms with E-state index in [-0.39, 0.29) is 18.7 Å². The zero-order chi connectivity index (χ0) is 23.5. The summed E-state index contributed by atoms with van der Waals surface area (Å²) in [6.45, 7) is -0.382. The molecule has 0 unspecified atom stereocenters. The summed E-state index contributed by atoms with van der Waals surface area (Å²) in [7, 11) is 0. The summed E-state index contributed by atoms with van der Waals surface area (Å²) in [5.41, 5.74) is 3.63. The number of fused-ring (bicyclic) bond motifs is 1. The Labute approximate surface area is 193 Å². The van der Waals surface area contributed by atoms with Crippen molar-refractivity contribution in [2.45, 2.75) is 13.1 Å². The number of carbonyl (C=O) groups excluding carboxylic acids is 1. The van der Waals surface area contributed by atoms with Crippen molar-refractivity contribution in [1.82, 2.24) is 25.1 Å². The highest BCUT2D eigenvalue weighted by Gasteiger charge is 2.18. The number of pyridine rings is 2. The van der Waals surface area contributed by atoms with Gasteiger partial charge in [-0.1, -0.05) is 30.3 Å². The highest BCUT2D eigenvalue weighted by atomic mass is 19.1. The molecule has 0 saturated heterocycles. The van der Waals surface area contributed by atoms with Gasteiger partial charge in [-0.2, -0.15) is 5.10 Å². The van der Waals surface area contributed by atoms with Gasteiger partial charge in [0.15, 0.2) is 0 Å². The second kappa shape index (κ2) is 9.19. The summed E-state index contributed by atoms with van der Waals surface area (Å²) in [6, 6.07) is 18.8. The van der Waals surface area contributed by atoms with Crippen molar-refractivity contribution in [1.29, 1.82) is 0 Å². The van der Waals surface area contributed by atoms with E-state index < -0.39 is 17.5 Å². The Bertz CT molecular complexity index is 1460. The van der Waals surface area contributed by atoms with Gasteiger partial charge in [-0.05, 0) is 42.0 Å². The van der Waals surface area contributed by atoms with Gasteiger partial charge in [-0.3, -0.25) is 19.4 Å². The first-order valence-corrected chi connectivity index (χ1v) is 10.6. The molecule has 5 aromatic rings. The van der Waals surface area contributed by atoms with Gasteiger partial charge < -0.3 is 5.32 Å². The number of halogens is 2. The van der Waals surface area contributed by atoms with E-state index in [0.29, 0.717) is 11.4 Å². The van der Waals surface area contributed by atoms with E-state index in [1.807, 2.05) is 48.5 Å². The number of aromatic nitrogens is 4. The van der Waals surface area contributed by atoms with Crippen LogP contribution in [-0.2, 0) is 17.9 Å². The second-order valence-corrected chi connectivity index (χ2v) is 7.66. The minimum absolute atomic E-state index is 0.126. The van der Waals surface area contributed by atoms with Crippen LogP contribution in [0.4, 0.5) is 8.78 Å². The van der Waals surface area contributed by atoms with Crippen LogP contribution in [0.5, 0.6) is 0 Å². The molecule has 0 saturated carbocycles. The van der Waals surface area contributed by atoms with E-state index in [4.69, 9.17) is 0 Å². The molecule has 3 aromatic heterocycles. The van der Waals surface area contributed by atoms with E-state index in [1.54, 1.807) is 18.6 Å². The molecular weight excluding hydrogens is 436 g/mol. The third-order valence-electron chi connectivity index (χ3n) is 5.44. The van der Waals surface area contributed by atoms with E-state index in [9.17, 15) is 13.6 Å². The first-order chi connectivity index (χ1) is 16.6. The third kappa shape index (κ3) is 4.25. The van der Waals surface area contributed by atoms with Crippen LogP contribution in [0.2, 0.25) is 0 Å². The highest BCUT2D eigenvalue weighted by molar-refractivity contribution is 5.97. The molecule has 0 aliphatic rings. The van der Waals surface area contributed by atoms with Crippen molar-refractivity contribution in [3.05, 3.63) is 103 Å². The smallest absolute Gasteiger partial charge is 0.242 e. The van der Waals surface area contributed by atoms with Gasteiger partial charge in [-0.15, -0.1) is 0 Å². The molecule has 1 amide bonds. The fraction of sp³-hybridized carbons (Fsp3) is 0.0769. The number of amides is 1. The number of rotatable bonds is 6. The standard InChI is InChI=1S/C26H19F2N5O/c27-21-7-5-8-22(28)19(21)14-31-25(34)16-33-15-20(26(32-33)24-10-3-4-12-29-24)17-11-13-30-23-9-2-1-6-18(17)23/h1-13,15H,14,16H2,(H,31,34). The monoisotopic (exact) mass is 455 g/mol. The zero-order valence-corrected chi connectivity index (χ0v) is 18.0. The Hall–Kier alpha value is -4.46. The van der Waals surface area contributed by atoms with Gasteiger partial charge in [0.2, 0.25) is 5.91 Å². The van der Waals surface area contributed by atoms with E-state index in [2.05, 4.69) is 20.4 Å². The van der Waals surface area contributed by atoms with Crippen LogP contribution < -0.4 is 5.32 Å². The number of nitrogens with zero attached hydrogens (tertiary/aromatic N) is 4. The summed E-state index contributed by atoms with van der Waals surface area (Å²) in [4.78, 5) is 21.4. The molecule has 3 heterocycles. The quantitative estimate of drug-likeness (QED) is 0.401. The maximum absolute atomic E-state index is 13.9. The van der Waals surface area contributed by atoms with Gasteiger partial charge >= 0.3 is 0 Å². The van der Waals surface area contributed by atoms with Gasteiger partial charge in [0, 0.05) is 41.6 Å². The molecule has 8 heteroatoms. The van der Waals surface area contributed by atoms with Crippen molar-refractivity contribution in [3.63, 3.8) is 0 Å². The maximum atomic E-state index is 13.9. The molecule has 34 heavy (non-hydrogen) atoms. The van der Waals surface area contributed by atoms with Crippen molar-refractivity contribution in [2.24, 2.45) is 0 Å². The predicted octanol–water partition coefficient (Wildman–Crippen LogP) is 4.75. The van der Waals surface area contributed by atoms with Crippen LogP contribution in [0.15, 0.2) is 85.3 Å². The van der Waals surface area contributed by atoms with Crippen LogP contribution >= 0.6 is 0 Å². The number of carbonyl (C=O) groups is 1. The lowest BCUT2D eigenvalue weighted by atomic mass is 10.0. The van der Waals surface area contributed by atoms with Crippen molar-refractivity contribution in [2.75, 3.05) is 0 Å². The van der Waals surface area contributed by atoms with E-state index in [1.165, 1.54) is 10.7 Å². The SMILES string of the molecule is O=C(Cn1cc(-c2ccnc3ccccc23)c(-c2ccccn2)n1)NCc1c(F)cccc1F. The third-order valence-corrected chi connectivity index (χ3v) is 5.44. The van der Waals surface area contributed by atoms with E-state index >= 15 is 0 Å². The lowest BCUT2D eigenvalue weighted by Crippen LogP contribution is -2.28. The number of para-hydroxylation sites is 1. The molecule has 2 aromatic carbocycles. The topological polar surface area (TPSA) is 72.7 Å². The summed E-state index contributed by atoms with van der Waals surface area (Å²) in [5, 5.41) is 8.13. The minimum atomic E-state index is -0.705. The molecule has 6 nitrogen and oxygen atoms in total. The molecule has 5 rings (SSSR count). The number of nitrogens with one attached hydrogen (secondary N) is 1. The first kappa shape index (κ1) is 21.4. The second-order valence-electron chi connectivity index (χ2n) is 7.66. The Morgan fingerprint density at radius 1 is 0.853 bits per heavy atom. The summed E-state index contributed by atoms with van der Waals surface area (Å²) >= 11 is 0.